The number of ether oxygens (including phenoxy) is 2. The van der Waals surface area contributed by atoms with E-state index in [9.17, 15) is 13.2 Å². The van der Waals surface area contributed by atoms with Crippen LogP contribution in [0.1, 0.15) is 24.1 Å². The smallest absolute Gasteiger partial charge is 0.410 e. The molecule has 4 rings (SSSR count). The summed E-state index contributed by atoms with van der Waals surface area (Å²) >= 11 is 0. The molecule has 0 aromatic heterocycles. The Morgan fingerprint density at radius 1 is 1.18 bits per heavy atom. The monoisotopic (exact) mass is 401 g/mol. The van der Waals surface area contributed by atoms with Crippen LogP contribution < -0.4 is 8.92 Å². The highest BCUT2D eigenvalue weighted by Crippen LogP contribution is 2.51. The van der Waals surface area contributed by atoms with Crippen molar-refractivity contribution in [3.05, 3.63) is 65.7 Å². The Morgan fingerprint density at radius 2 is 1.93 bits per heavy atom. The fourth-order valence-electron chi connectivity index (χ4n) is 3.59. The van der Waals surface area contributed by atoms with Gasteiger partial charge in [0.25, 0.3) is 0 Å². The number of nitrogens with zero attached hydrogens (tertiary/aromatic N) is 1. The summed E-state index contributed by atoms with van der Waals surface area (Å²) in [6, 6.07) is 13.0. The van der Waals surface area contributed by atoms with Gasteiger partial charge in [0.05, 0.1) is 25.5 Å². The molecular weight excluding hydrogens is 382 g/mol. The summed E-state index contributed by atoms with van der Waals surface area (Å²) in [5.74, 6) is -0.538. The molecule has 146 valence electrons. The van der Waals surface area contributed by atoms with Crippen LogP contribution in [0.15, 0.2) is 54.6 Å². The number of carbonyl (C=O) groups is 1. The lowest BCUT2D eigenvalue weighted by molar-refractivity contribution is -0.147. The Hall–Kier alpha value is -3.00. The van der Waals surface area contributed by atoms with E-state index >= 15 is 0 Å². The second kappa shape index (κ2) is 6.87. The second-order valence-corrected chi connectivity index (χ2v) is 7.80. The number of fused-ring (bicyclic) bond motifs is 3. The van der Waals surface area contributed by atoms with E-state index in [0.29, 0.717) is 22.6 Å². The fourth-order valence-corrected chi connectivity index (χ4v) is 4.97. The molecule has 0 radical (unpaired) electrons. The van der Waals surface area contributed by atoms with Crippen molar-refractivity contribution in [2.24, 2.45) is 5.92 Å². The highest BCUT2D eigenvalue weighted by atomic mass is 32.2. The maximum atomic E-state index is 13.0. The summed E-state index contributed by atoms with van der Waals surface area (Å²) < 4.78 is 42.9. The van der Waals surface area contributed by atoms with E-state index in [-0.39, 0.29) is 12.4 Å². The molecule has 2 heterocycles. The number of hydrogen-bond acceptors (Lipinski definition) is 6. The van der Waals surface area contributed by atoms with Gasteiger partial charge >= 0.3 is 16.3 Å². The molecule has 0 unspecified atom stereocenters. The zero-order valence-electron chi connectivity index (χ0n) is 15.4. The molecule has 0 spiro atoms. The van der Waals surface area contributed by atoms with Crippen LogP contribution in [0.3, 0.4) is 0 Å². The Morgan fingerprint density at radius 3 is 2.61 bits per heavy atom. The normalized spacial score (nSPS) is 21.8. The zero-order valence-corrected chi connectivity index (χ0v) is 16.2. The molecule has 2 aliphatic heterocycles. The Kier molecular flexibility index (Phi) is 4.50. The average Bonchev–Trinajstić information content (AvgIpc) is 3.11. The van der Waals surface area contributed by atoms with E-state index in [1.165, 1.54) is 7.11 Å². The molecular formula is C20H19NO6S. The molecule has 0 amide bonds. The third-order valence-corrected chi connectivity index (χ3v) is 6.06. The summed E-state index contributed by atoms with van der Waals surface area (Å²) in [7, 11) is -2.63. The molecule has 0 saturated heterocycles. The van der Waals surface area contributed by atoms with Crippen LogP contribution in [-0.4, -0.2) is 32.4 Å². The van der Waals surface area contributed by atoms with Gasteiger partial charge in [0.2, 0.25) is 0 Å². The lowest BCUT2D eigenvalue weighted by Gasteiger charge is -2.34. The molecule has 2 aromatic rings. The average molecular weight is 401 g/mol. The van der Waals surface area contributed by atoms with E-state index in [1.807, 2.05) is 6.07 Å². The van der Waals surface area contributed by atoms with Crippen molar-refractivity contribution in [1.29, 1.82) is 0 Å². The topological polar surface area (TPSA) is 82.1 Å². The van der Waals surface area contributed by atoms with Crippen LogP contribution in [0.25, 0.3) is 5.70 Å². The number of esters is 1. The van der Waals surface area contributed by atoms with E-state index in [4.69, 9.17) is 13.7 Å². The summed E-state index contributed by atoms with van der Waals surface area (Å²) in [5.41, 5.74) is 1.60. The number of hydrogen-bond donors (Lipinski definition) is 0. The molecule has 2 aliphatic rings. The third-order valence-electron chi connectivity index (χ3n) is 4.77. The Labute approximate surface area is 163 Å². The second-order valence-electron chi connectivity index (χ2n) is 6.38. The number of methoxy groups -OCH3 is 1. The summed E-state index contributed by atoms with van der Waals surface area (Å²) in [6.07, 6.45) is 1.63. The van der Waals surface area contributed by atoms with Gasteiger partial charge in [-0.3, -0.25) is 4.79 Å². The Balaban J connectivity index is 1.91. The van der Waals surface area contributed by atoms with E-state index < -0.39 is 28.2 Å². The van der Waals surface area contributed by atoms with Crippen molar-refractivity contribution in [3.8, 4) is 11.5 Å². The lowest BCUT2D eigenvalue weighted by Crippen LogP contribution is -2.39. The minimum atomic E-state index is -4.16. The van der Waals surface area contributed by atoms with Crippen LogP contribution in [-0.2, 0) is 19.8 Å². The Bertz CT molecular complexity index is 1050. The highest BCUT2D eigenvalue weighted by molar-refractivity contribution is 7.85. The van der Waals surface area contributed by atoms with Crippen LogP contribution in [0.2, 0.25) is 0 Å². The molecule has 0 fully saturated rings. The maximum absolute atomic E-state index is 13.0. The number of rotatable bonds is 4. The standard InChI is InChI=1S/C20H19NO6S/c1-3-26-20(22)16-12-17-15-11-14(25-2)9-10-18(15)27-28(23,24)21(17)19(16)13-7-5-4-6-8-13/h4-12,16,19H,3H2,1-2H3/t16-,19+/m1/s1. The summed E-state index contributed by atoms with van der Waals surface area (Å²) in [5, 5.41) is 0. The first kappa shape index (κ1) is 18.4. The van der Waals surface area contributed by atoms with Gasteiger partial charge in [-0.05, 0) is 36.8 Å². The first-order valence-corrected chi connectivity index (χ1v) is 10.2. The third kappa shape index (κ3) is 2.90. The van der Waals surface area contributed by atoms with Crippen molar-refractivity contribution in [2.45, 2.75) is 13.0 Å². The van der Waals surface area contributed by atoms with Crippen molar-refractivity contribution in [3.63, 3.8) is 0 Å². The molecule has 0 bridgehead atoms. The van der Waals surface area contributed by atoms with Gasteiger partial charge < -0.3 is 13.7 Å². The highest BCUT2D eigenvalue weighted by Gasteiger charge is 2.50. The van der Waals surface area contributed by atoms with E-state index in [0.717, 1.165) is 4.31 Å². The number of benzene rings is 2. The summed E-state index contributed by atoms with van der Waals surface area (Å²) in [4.78, 5) is 12.7. The summed E-state index contributed by atoms with van der Waals surface area (Å²) in [6.45, 7) is 1.92. The maximum Gasteiger partial charge on any atom is 0.410 e. The van der Waals surface area contributed by atoms with Gasteiger partial charge in [0, 0.05) is 5.56 Å². The quantitative estimate of drug-likeness (QED) is 0.733. The van der Waals surface area contributed by atoms with Crippen molar-refractivity contribution < 1.29 is 26.9 Å². The minimum Gasteiger partial charge on any atom is -0.497 e. The molecule has 7 nitrogen and oxygen atoms in total. The molecule has 0 N–H and O–H groups in total. The SMILES string of the molecule is CCOC(=O)[C@@H]1C=C2c3cc(OC)ccc3OS(=O)(=O)N2[C@H]1c1ccccc1. The van der Waals surface area contributed by atoms with Crippen molar-refractivity contribution >= 4 is 22.0 Å². The predicted molar refractivity (Wildman–Crippen MR) is 102 cm³/mol. The van der Waals surface area contributed by atoms with Crippen molar-refractivity contribution in [1.82, 2.24) is 4.31 Å². The molecule has 0 aliphatic carbocycles. The van der Waals surface area contributed by atoms with Crippen LogP contribution in [0.4, 0.5) is 0 Å². The minimum absolute atomic E-state index is 0.194. The largest absolute Gasteiger partial charge is 0.497 e. The molecule has 2 aromatic carbocycles. The van der Waals surface area contributed by atoms with Gasteiger partial charge in [0.15, 0.2) is 5.75 Å². The van der Waals surface area contributed by atoms with Crippen molar-refractivity contribution in [2.75, 3.05) is 13.7 Å². The molecule has 2 atom stereocenters. The van der Waals surface area contributed by atoms with Crippen LogP contribution >= 0.6 is 0 Å². The van der Waals surface area contributed by atoms with Crippen LogP contribution in [0, 0.1) is 5.92 Å². The zero-order chi connectivity index (χ0) is 19.9. The molecule has 0 saturated carbocycles. The fraction of sp³-hybridized carbons (Fsp3) is 0.250. The first-order chi connectivity index (χ1) is 13.5. The molecule has 28 heavy (non-hydrogen) atoms. The van der Waals surface area contributed by atoms with Gasteiger partial charge in [-0.2, -0.15) is 8.42 Å². The van der Waals surface area contributed by atoms with Gasteiger partial charge in [-0.15, -0.1) is 0 Å². The lowest BCUT2D eigenvalue weighted by atomic mass is 9.95. The molecule has 8 heteroatoms. The predicted octanol–water partition coefficient (Wildman–Crippen LogP) is 2.91. The van der Waals surface area contributed by atoms with E-state index in [1.54, 1.807) is 55.5 Å². The van der Waals surface area contributed by atoms with Gasteiger partial charge in [-0.1, -0.05) is 30.3 Å². The first-order valence-electron chi connectivity index (χ1n) is 8.82. The van der Waals surface area contributed by atoms with E-state index in [2.05, 4.69) is 0 Å². The van der Waals surface area contributed by atoms with Gasteiger partial charge in [-0.25, -0.2) is 4.31 Å². The van der Waals surface area contributed by atoms with Crippen LogP contribution in [0.5, 0.6) is 11.5 Å². The van der Waals surface area contributed by atoms with Gasteiger partial charge in [0.1, 0.15) is 11.7 Å². The number of carbonyl (C=O) groups excluding carboxylic acids is 1.